The molecular formula is C16H26N2OS. The first-order valence-electron chi connectivity index (χ1n) is 7.17. The fourth-order valence-corrected chi connectivity index (χ4v) is 2.20. The van der Waals surface area contributed by atoms with Gasteiger partial charge in [0.25, 0.3) is 0 Å². The van der Waals surface area contributed by atoms with E-state index >= 15 is 0 Å². The molecule has 0 fully saturated rings. The Hall–Kier alpha value is -1.13. The molecule has 1 aromatic rings. The van der Waals surface area contributed by atoms with Crippen molar-refractivity contribution in [2.45, 2.75) is 39.2 Å². The van der Waals surface area contributed by atoms with E-state index in [4.69, 9.17) is 17.0 Å². The van der Waals surface area contributed by atoms with Crippen molar-refractivity contribution in [1.82, 2.24) is 10.6 Å². The van der Waals surface area contributed by atoms with Gasteiger partial charge in [-0.25, -0.2) is 0 Å². The number of nitrogens with one attached hydrogen (secondary N) is 2. The van der Waals surface area contributed by atoms with Crippen LogP contribution in [0.4, 0.5) is 0 Å². The first-order chi connectivity index (χ1) is 9.54. The first-order valence-corrected chi connectivity index (χ1v) is 7.58. The van der Waals surface area contributed by atoms with Gasteiger partial charge >= 0.3 is 0 Å². The number of benzene rings is 1. The second kappa shape index (κ2) is 8.93. The fraction of sp³-hybridized carbons (Fsp3) is 0.562. The van der Waals surface area contributed by atoms with Crippen LogP contribution in [0.5, 0.6) is 0 Å². The molecule has 0 aromatic heterocycles. The highest BCUT2D eigenvalue weighted by Gasteiger charge is 2.07. The van der Waals surface area contributed by atoms with Crippen LogP contribution in [0, 0.1) is 0 Å². The molecule has 1 aromatic carbocycles. The summed E-state index contributed by atoms with van der Waals surface area (Å²) in [4.78, 5) is 0. The first kappa shape index (κ1) is 16.9. The smallest absolute Gasteiger partial charge is 0.166 e. The molecule has 112 valence electrons. The molecule has 0 aliphatic rings. The quantitative estimate of drug-likeness (QED) is 0.597. The van der Waals surface area contributed by atoms with Crippen molar-refractivity contribution in [2.24, 2.45) is 0 Å². The molecule has 0 saturated heterocycles. The van der Waals surface area contributed by atoms with Crippen LogP contribution >= 0.6 is 12.2 Å². The van der Waals surface area contributed by atoms with Crippen molar-refractivity contribution in [3.05, 3.63) is 35.4 Å². The van der Waals surface area contributed by atoms with Gasteiger partial charge in [-0.3, -0.25) is 0 Å². The van der Waals surface area contributed by atoms with Crippen molar-refractivity contribution >= 4 is 17.3 Å². The van der Waals surface area contributed by atoms with Crippen molar-refractivity contribution in [3.63, 3.8) is 0 Å². The van der Waals surface area contributed by atoms with Gasteiger partial charge in [-0.2, -0.15) is 0 Å². The van der Waals surface area contributed by atoms with Crippen molar-refractivity contribution in [3.8, 4) is 0 Å². The number of rotatable bonds is 7. The lowest BCUT2D eigenvalue weighted by Crippen LogP contribution is -2.37. The lowest BCUT2D eigenvalue weighted by atomic mass is 10.00. The molecule has 1 rings (SSSR count). The number of thiocarbonyl (C=S) groups is 1. The number of ether oxygens (including phenoxy) is 1. The summed E-state index contributed by atoms with van der Waals surface area (Å²) in [6.45, 7) is 8.11. The van der Waals surface area contributed by atoms with Crippen LogP contribution in [0.25, 0.3) is 0 Å². The highest BCUT2D eigenvalue weighted by molar-refractivity contribution is 7.80. The second-order valence-electron chi connectivity index (χ2n) is 5.29. The van der Waals surface area contributed by atoms with Gasteiger partial charge in [-0.15, -0.1) is 0 Å². The second-order valence-corrected chi connectivity index (χ2v) is 5.70. The van der Waals surface area contributed by atoms with Crippen LogP contribution in [-0.4, -0.2) is 25.4 Å². The Bertz CT molecular complexity index is 403. The molecule has 0 bridgehead atoms. The Kier molecular flexibility index (Phi) is 7.55. The summed E-state index contributed by atoms with van der Waals surface area (Å²) in [5.41, 5.74) is 2.61. The average molecular weight is 294 g/mol. The molecule has 0 aliphatic heterocycles. The maximum Gasteiger partial charge on any atom is 0.166 e. The minimum absolute atomic E-state index is 0.207. The van der Waals surface area contributed by atoms with Gasteiger partial charge in [0, 0.05) is 20.3 Å². The molecule has 2 N–H and O–H groups in total. The Balaban J connectivity index is 2.41. The van der Waals surface area contributed by atoms with E-state index in [1.165, 1.54) is 11.1 Å². The molecular weight excluding hydrogens is 268 g/mol. The third-order valence-corrected chi connectivity index (χ3v) is 3.52. The van der Waals surface area contributed by atoms with Gasteiger partial charge in [0.2, 0.25) is 0 Å². The summed E-state index contributed by atoms with van der Waals surface area (Å²) in [6, 6.07) is 8.92. The van der Waals surface area contributed by atoms with Crippen LogP contribution in [-0.2, 0) is 4.74 Å². The van der Waals surface area contributed by atoms with Crippen LogP contribution in [0.2, 0.25) is 0 Å². The van der Waals surface area contributed by atoms with Gasteiger partial charge < -0.3 is 15.4 Å². The number of hydrogen-bond acceptors (Lipinski definition) is 2. The Morgan fingerprint density at radius 3 is 2.30 bits per heavy atom. The highest BCUT2D eigenvalue weighted by atomic mass is 32.1. The van der Waals surface area contributed by atoms with Gasteiger partial charge in [0.05, 0.1) is 6.04 Å². The Labute approximate surface area is 128 Å². The van der Waals surface area contributed by atoms with Crippen molar-refractivity contribution in [2.75, 3.05) is 20.3 Å². The molecule has 0 saturated carbocycles. The van der Waals surface area contributed by atoms with E-state index in [0.717, 1.165) is 19.6 Å². The third kappa shape index (κ3) is 5.88. The summed E-state index contributed by atoms with van der Waals surface area (Å²) in [6.07, 6.45) is 0.954. The standard InChI is InChI=1S/C16H26N2OS/c1-12(2)14-6-8-15(9-7-14)13(3)18-16(20)17-10-5-11-19-4/h6-9,12-13H,5,10-11H2,1-4H3,(H2,17,18,20). The fourth-order valence-electron chi connectivity index (χ4n) is 1.92. The van der Waals surface area contributed by atoms with E-state index in [-0.39, 0.29) is 6.04 Å². The van der Waals surface area contributed by atoms with Crippen molar-refractivity contribution < 1.29 is 4.74 Å². The largest absolute Gasteiger partial charge is 0.385 e. The van der Waals surface area contributed by atoms with E-state index in [1.807, 2.05) is 0 Å². The predicted octanol–water partition coefficient (Wildman–Crippen LogP) is 3.37. The van der Waals surface area contributed by atoms with E-state index in [1.54, 1.807) is 7.11 Å². The molecule has 1 unspecified atom stereocenters. The van der Waals surface area contributed by atoms with E-state index < -0.39 is 0 Å². The molecule has 0 radical (unpaired) electrons. The summed E-state index contributed by atoms with van der Waals surface area (Å²) in [5.74, 6) is 0.566. The summed E-state index contributed by atoms with van der Waals surface area (Å²) < 4.78 is 5.00. The number of hydrogen-bond donors (Lipinski definition) is 2. The maximum absolute atomic E-state index is 5.28. The normalized spacial score (nSPS) is 12.2. The summed E-state index contributed by atoms with van der Waals surface area (Å²) >= 11 is 5.28. The molecule has 0 amide bonds. The molecule has 3 nitrogen and oxygen atoms in total. The summed E-state index contributed by atoms with van der Waals surface area (Å²) in [7, 11) is 1.71. The molecule has 0 aliphatic carbocycles. The zero-order valence-corrected chi connectivity index (χ0v) is 13.7. The maximum atomic E-state index is 5.28. The molecule has 4 heteroatoms. The van der Waals surface area contributed by atoms with Crippen LogP contribution in [0.1, 0.15) is 50.3 Å². The van der Waals surface area contributed by atoms with Crippen LogP contribution in [0.3, 0.4) is 0 Å². The zero-order chi connectivity index (χ0) is 15.0. The number of methoxy groups -OCH3 is 1. The molecule has 20 heavy (non-hydrogen) atoms. The van der Waals surface area contributed by atoms with Gasteiger partial charge in [-0.1, -0.05) is 38.1 Å². The third-order valence-electron chi connectivity index (χ3n) is 3.26. The highest BCUT2D eigenvalue weighted by Crippen LogP contribution is 2.18. The van der Waals surface area contributed by atoms with Gasteiger partial charge in [-0.05, 0) is 42.6 Å². The van der Waals surface area contributed by atoms with E-state index in [0.29, 0.717) is 11.0 Å². The van der Waals surface area contributed by atoms with Crippen molar-refractivity contribution in [1.29, 1.82) is 0 Å². The summed E-state index contributed by atoms with van der Waals surface area (Å²) in [5, 5.41) is 7.19. The Morgan fingerprint density at radius 1 is 1.15 bits per heavy atom. The average Bonchev–Trinajstić information content (AvgIpc) is 2.43. The SMILES string of the molecule is COCCCNC(=S)NC(C)c1ccc(C(C)C)cc1. The lowest BCUT2D eigenvalue weighted by molar-refractivity contribution is 0.195. The predicted molar refractivity (Wildman–Crippen MR) is 89.2 cm³/mol. The molecule has 0 heterocycles. The Morgan fingerprint density at radius 2 is 1.75 bits per heavy atom. The van der Waals surface area contributed by atoms with Gasteiger partial charge in [0.1, 0.15) is 0 Å². The zero-order valence-electron chi connectivity index (χ0n) is 12.9. The van der Waals surface area contributed by atoms with Crippen LogP contribution in [0.15, 0.2) is 24.3 Å². The molecule has 1 atom stereocenters. The monoisotopic (exact) mass is 294 g/mol. The minimum Gasteiger partial charge on any atom is -0.385 e. The lowest BCUT2D eigenvalue weighted by Gasteiger charge is -2.18. The van der Waals surface area contributed by atoms with E-state index in [2.05, 4.69) is 55.7 Å². The van der Waals surface area contributed by atoms with Gasteiger partial charge in [0.15, 0.2) is 5.11 Å². The topological polar surface area (TPSA) is 33.3 Å². The molecule has 0 spiro atoms. The van der Waals surface area contributed by atoms with E-state index in [9.17, 15) is 0 Å². The van der Waals surface area contributed by atoms with Crippen LogP contribution < -0.4 is 10.6 Å². The minimum atomic E-state index is 0.207.